The first kappa shape index (κ1) is 18.5. The van der Waals surface area contributed by atoms with E-state index in [1.165, 1.54) is 18.2 Å². The van der Waals surface area contributed by atoms with Crippen molar-refractivity contribution in [2.24, 2.45) is 0 Å². The van der Waals surface area contributed by atoms with Crippen LogP contribution in [-0.2, 0) is 27.5 Å². The van der Waals surface area contributed by atoms with Crippen LogP contribution in [0.3, 0.4) is 0 Å². The number of halogens is 4. The Labute approximate surface area is 151 Å². The lowest BCUT2D eigenvalue weighted by atomic mass is 10.0. The summed E-state index contributed by atoms with van der Waals surface area (Å²) in [5, 5.41) is 2.24. The molecule has 26 heavy (non-hydrogen) atoms. The van der Waals surface area contributed by atoms with E-state index in [4.69, 9.17) is 15.8 Å². The molecule has 2 aromatic rings. The smallest absolute Gasteiger partial charge is 0.379 e. The average molecular weight is 406 g/mol. The zero-order valence-electron chi connectivity index (χ0n) is 12.9. The number of amides is 1. The normalized spacial score (nSPS) is 14.5. The number of fused-ring (bicyclic) bond motifs is 1. The Kier molecular flexibility index (Phi) is 4.61. The summed E-state index contributed by atoms with van der Waals surface area (Å²) in [6.45, 7) is 0. The monoisotopic (exact) mass is 405 g/mol. The minimum absolute atomic E-state index is 0.0895. The van der Waals surface area contributed by atoms with E-state index in [1.54, 1.807) is 0 Å². The maximum atomic E-state index is 12.8. The minimum atomic E-state index is -4.72. The van der Waals surface area contributed by atoms with E-state index in [-0.39, 0.29) is 23.1 Å². The fraction of sp³-hybridized carbons (Fsp3) is 0.188. The van der Waals surface area contributed by atoms with Crippen molar-refractivity contribution in [1.82, 2.24) is 0 Å². The molecule has 1 aliphatic heterocycles. The summed E-state index contributed by atoms with van der Waals surface area (Å²) in [5.74, 6) is -0.247. The van der Waals surface area contributed by atoms with Gasteiger partial charge < -0.3 is 9.50 Å². The molecule has 0 bridgehead atoms. The maximum Gasteiger partial charge on any atom is 0.416 e. The van der Waals surface area contributed by atoms with E-state index in [9.17, 15) is 26.4 Å². The van der Waals surface area contributed by atoms with Gasteiger partial charge in [-0.1, -0.05) is 11.6 Å². The fourth-order valence-electron chi connectivity index (χ4n) is 2.45. The fourth-order valence-corrected chi connectivity index (χ4v) is 3.88. The molecule has 1 N–H and O–H groups in total. The first-order chi connectivity index (χ1) is 12.1. The highest BCUT2D eigenvalue weighted by Gasteiger charge is 2.33. The number of hydrogen-bond donors (Lipinski definition) is 1. The summed E-state index contributed by atoms with van der Waals surface area (Å²) in [7, 11) is -4.58. The van der Waals surface area contributed by atoms with Gasteiger partial charge in [0.25, 0.3) is 0 Å². The average Bonchev–Trinajstić information content (AvgIpc) is 2.54. The largest absolute Gasteiger partial charge is 0.416 e. The standard InChI is InChI=1S/C16H11ClF3NO4S/c17-12-4-2-10(16(18,19)20)8-14(12)26(23,24)25-11-3-5-13-9(7-11)1-6-15(22)21-13/h2-5,7-8H,1,6H2,(H,21,22). The molecule has 5 nitrogen and oxygen atoms in total. The van der Waals surface area contributed by atoms with Crippen LogP contribution in [0.5, 0.6) is 5.75 Å². The first-order valence-corrected chi connectivity index (χ1v) is 9.09. The maximum absolute atomic E-state index is 12.8. The van der Waals surface area contributed by atoms with Crippen molar-refractivity contribution in [1.29, 1.82) is 0 Å². The van der Waals surface area contributed by atoms with Crippen LogP contribution in [0.15, 0.2) is 41.3 Å². The van der Waals surface area contributed by atoms with Crippen LogP contribution in [-0.4, -0.2) is 14.3 Å². The minimum Gasteiger partial charge on any atom is -0.379 e. The molecule has 0 radical (unpaired) electrons. The van der Waals surface area contributed by atoms with E-state index >= 15 is 0 Å². The third-order valence-electron chi connectivity index (χ3n) is 3.71. The molecular formula is C16H11ClF3NO4S. The van der Waals surface area contributed by atoms with Gasteiger partial charge in [-0.05, 0) is 48.4 Å². The number of hydrogen-bond acceptors (Lipinski definition) is 4. The third-order valence-corrected chi connectivity index (χ3v) is 5.44. The summed E-state index contributed by atoms with van der Waals surface area (Å²) >= 11 is 5.75. The topological polar surface area (TPSA) is 72.5 Å². The summed E-state index contributed by atoms with van der Waals surface area (Å²) in [6.07, 6.45) is -4.09. The highest BCUT2D eigenvalue weighted by molar-refractivity contribution is 7.87. The molecule has 0 fully saturated rings. The van der Waals surface area contributed by atoms with Gasteiger partial charge in [-0.2, -0.15) is 21.6 Å². The number of carbonyl (C=O) groups excluding carboxylic acids is 1. The number of carbonyl (C=O) groups is 1. The quantitative estimate of drug-likeness (QED) is 0.783. The van der Waals surface area contributed by atoms with Crippen LogP contribution in [0.2, 0.25) is 5.02 Å². The number of benzene rings is 2. The molecule has 10 heteroatoms. The van der Waals surface area contributed by atoms with Crippen LogP contribution in [0, 0.1) is 0 Å². The van der Waals surface area contributed by atoms with Crippen LogP contribution < -0.4 is 9.50 Å². The van der Waals surface area contributed by atoms with Crippen molar-refractivity contribution >= 4 is 33.3 Å². The van der Waals surface area contributed by atoms with Crippen molar-refractivity contribution in [3.05, 3.63) is 52.5 Å². The molecule has 1 heterocycles. The van der Waals surface area contributed by atoms with E-state index in [2.05, 4.69) is 5.32 Å². The van der Waals surface area contributed by atoms with Crippen LogP contribution in [0.4, 0.5) is 18.9 Å². The summed E-state index contributed by atoms with van der Waals surface area (Å²) < 4.78 is 68.2. The number of alkyl halides is 3. The lowest BCUT2D eigenvalue weighted by Gasteiger charge is -2.18. The van der Waals surface area contributed by atoms with Gasteiger partial charge in [0.05, 0.1) is 10.6 Å². The van der Waals surface area contributed by atoms with Crippen LogP contribution >= 0.6 is 11.6 Å². The van der Waals surface area contributed by atoms with Gasteiger partial charge in [-0.25, -0.2) is 0 Å². The van der Waals surface area contributed by atoms with Gasteiger partial charge in [0, 0.05) is 12.1 Å². The Balaban J connectivity index is 1.94. The Bertz CT molecular complexity index is 989. The lowest BCUT2D eigenvalue weighted by molar-refractivity contribution is -0.137. The highest BCUT2D eigenvalue weighted by atomic mass is 35.5. The number of aryl methyl sites for hydroxylation is 1. The van der Waals surface area contributed by atoms with E-state index in [0.717, 1.165) is 6.07 Å². The zero-order chi connectivity index (χ0) is 19.1. The molecule has 138 valence electrons. The highest BCUT2D eigenvalue weighted by Crippen LogP contribution is 2.35. The molecule has 0 saturated heterocycles. The van der Waals surface area contributed by atoms with Crippen molar-refractivity contribution in [2.75, 3.05) is 5.32 Å². The molecule has 3 rings (SSSR count). The Morgan fingerprint density at radius 1 is 1.08 bits per heavy atom. The molecule has 2 aromatic carbocycles. The third kappa shape index (κ3) is 3.78. The van der Waals surface area contributed by atoms with Crippen molar-refractivity contribution in [3.8, 4) is 5.75 Å². The van der Waals surface area contributed by atoms with Crippen LogP contribution in [0.1, 0.15) is 17.5 Å². The van der Waals surface area contributed by atoms with Crippen molar-refractivity contribution < 1.29 is 30.6 Å². The Morgan fingerprint density at radius 2 is 1.81 bits per heavy atom. The molecule has 1 amide bonds. The Hall–Kier alpha value is -2.26. The van der Waals surface area contributed by atoms with Gasteiger partial charge >= 0.3 is 16.3 Å². The first-order valence-electron chi connectivity index (χ1n) is 7.30. The van der Waals surface area contributed by atoms with Gasteiger partial charge in [-0.3, -0.25) is 4.79 Å². The summed E-state index contributed by atoms with van der Waals surface area (Å²) in [4.78, 5) is 10.6. The van der Waals surface area contributed by atoms with Gasteiger partial charge in [-0.15, -0.1) is 0 Å². The molecule has 0 saturated carbocycles. The van der Waals surface area contributed by atoms with E-state index in [0.29, 0.717) is 29.8 Å². The molecule has 1 aliphatic rings. The molecule has 0 unspecified atom stereocenters. The SMILES string of the molecule is O=C1CCc2cc(OS(=O)(=O)c3cc(C(F)(F)F)ccc3Cl)ccc2N1. The predicted molar refractivity (Wildman–Crippen MR) is 87.7 cm³/mol. The molecule has 0 aromatic heterocycles. The lowest BCUT2D eigenvalue weighted by Crippen LogP contribution is -2.19. The number of anilines is 1. The number of nitrogens with one attached hydrogen (secondary N) is 1. The molecular weight excluding hydrogens is 395 g/mol. The summed E-state index contributed by atoms with van der Waals surface area (Å²) in [6, 6.07) is 6.13. The molecule has 0 aliphatic carbocycles. The Morgan fingerprint density at radius 3 is 2.50 bits per heavy atom. The second kappa shape index (κ2) is 6.48. The van der Waals surface area contributed by atoms with Gasteiger partial charge in [0.2, 0.25) is 5.91 Å². The molecule has 0 spiro atoms. The number of rotatable bonds is 3. The summed E-state index contributed by atoms with van der Waals surface area (Å²) in [5.41, 5.74) is 0.0350. The van der Waals surface area contributed by atoms with E-state index < -0.39 is 26.8 Å². The zero-order valence-corrected chi connectivity index (χ0v) is 14.5. The second-order valence-corrected chi connectivity index (χ2v) is 7.47. The van der Waals surface area contributed by atoms with Crippen molar-refractivity contribution in [2.45, 2.75) is 23.9 Å². The predicted octanol–water partition coefficient (Wildman–Crippen LogP) is 4.01. The van der Waals surface area contributed by atoms with Crippen LogP contribution in [0.25, 0.3) is 0 Å². The van der Waals surface area contributed by atoms with E-state index in [1.807, 2.05) is 0 Å². The second-order valence-electron chi connectivity index (χ2n) is 5.55. The molecule has 0 atom stereocenters. The van der Waals surface area contributed by atoms with Crippen molar-refractivity contribution in [3.63, 3.8) is 0 Å². The van der Waals surface area contributed by atoms with Gasteiger partial charge in [0.1, 0.15) is 10.6 Å². The van der Waals surface area contributed by atoms with Gasteiger partial charge in [0.15, 0.2) is 0 Å².